The highest BCUT2D eigenvalue weighted by Crippen LogP contribution is 2.29. The molecule has 0 unspecified atom stereocenters. The van der Waals surface area contributed by atoms with Crippen molar-refractivity contribution < 1.29 is 4.79 Å². The molecule has 0 saturated carbocycles. The van der Waals surface area contributed by atoms with Crippen LogP contribution < -0.4 is 16.0 Å². The first kappa shape index (κ1) is 16.0. The van der Waals surface area contributed by atoms with Crippen molar-refractivity contribution in [3.8, 4) is 0 Å². The van der Waals surface area contributed by atoms with Crippen molar-refractivity contribution in [1.29, 1.82) is 0 Å². The standard InChI is InChI=1S/C14H25N5OS/c1-10(2)16-13(20)11-12(15)17-21-14(11)18(3)8-9-19-6-4-5-7-19/h10H,4-9H2,1-3H3,(H2,15,17)(H,16,20). The van der Waals surface area contributed by atoms with E-state index in [0.717, 1.165) is 18.1 Å². The zero-order chi connectivity index (χ0) is 15.4. The molecule has 1 saturated heterocycles. The Morgan fingerprint density at radius 1 is 1.48 bits per heavy atom. The fourth-order valence-corrected chi connectivity index (χ4v) is 3.30. The van der Waals surface area contributed by atoms with E-state index in [1.165, 1.54) is 37.5 Å². The summed E-state index contributed by atoms with van der Waals surface area (Å²) in [4.78, 5) is 16.8. The fraction of sp³-hybridized carbons (Fsp3) is 0.714. The molecule has 118 valence electrons. The van der Waals surface area contributed by atoms with Crippen LogP contribution in [-0.2, 0) is 0 Å². The fourth-order valence-electron chi connectivity index (χ4n) is 2.50. The smallest absolute Gasteiger partial charge is 0.258 e. The number of anilines is 2. The molecule has 7 heteroatoms. The predicted molar refractivity (Wildman–Crippen MR) is 88.1 cm³/mol. The number of nitrogens with two attached hydrogens (primary N) is 1. The van der Waals surface area contributed by atoms with Gasteiger partial charge >= 0.3 is 0 Å². The monoisotopic (exact) mass is 311 g/mol. The number of rotatable bonds is 6. The number of hydrogen-bond acceptors (Lipinski definition) is 6. The molecule has 2 heterocycles. The van der Waals surface area contributed by atoms with Gasteiger partial charge in [-0.3, -0.25) is 4.79 Å². The minimum atomic E-state index is -0.140. The van der Waals surface area contributed by atoms with Crippen molar-refractivity contribution in [1.82, 2.24) is 14.6 Å². The third kappa shape index (κ3) is 4.07. The average Bonchev–Trinajstić information content (AvgIpc) is 3.04. The number of carbonyl (C=O) groups excluding carboxylic acids is 1. The number of likely N-dealkylation sites (tertiary alicyclic amines) is 1. The van der Waals surface area contributed by atoms with Crippen molar-refractivity contribution in [3.05, 3.63) is 5.56 Å². The molecule has 0 atom stereocenters. The second-order valence-electron chi connectivity index (χ2n) is 5.85. The van der Waals surface area contributed by atoms with Gasteiger partial charge in [-0.1, -0.05) is 0 Å². The van der Waals surface area contributed by atoms with Gasteiger partial charge in [-0.25, -0.2) is 0 Å². The average molecular weight is 311 g/mol. The molecule has 0 aromatic carbocycles. The van der Waals surface area contributed by atoms with Crippen LogP contribution in [0.25, 0.3) is 0 Å². The van der Waals surface area contributed by atoms with Crippen molar-refractivity contribution in [2.45, 2.75) is 32.7 Å². The Kier molecular flexibility index (Phi) is 5.41. The molecule has 1 aromatic rings. The highest BCUT2D eigenvalue weighted by atomic mass is 32.1. The van der Waals surface area contributed by atoms with E-state index in [1.807, 2.05) is 20.9 Å². The molecule has 0 aliphatic carbocycles. The minimum absolute atomic E-state index is 0.0829. The van der Waals surface area contributed by atoms with Crippen LogP contribution in [0, 0.1) is 0 Å². The number of carbonyl (C=O) groups is 1. The van der Waals surface area contributed by atoms with E-state index in [-0.39, 0.29) is 11.9 Å². The van der Waals surface area contributed by atoms with Gasteiger partial charge in [0.05, 0.1) is 0 Å². The van der Waals surface area contributed by atoms with Crippen LogP contribution in [0.5, 0.6) is 0 Å². The van der Waals surface area contributed by atoms with Crippen LogP contribution in [0.2, 0.25) is 0 Å². The molecular weight excluding hydrogens is 286 g/mol. The Bertz CT molecular complexity index is 482. The van der Waals surface area contributed by atoms with Crippen molar-refractivity contribution in [3.63, 3.8) is 0 Å². The van der Waals surface area contributed by atoms with E-state index in [0.29, 0.717) is 11.4 Å². The van der Waals surface area contributed by atoms with Gasteiger partial charge in [0.25, 0.3) is 5.91 Å². The number of likely N-dealkylation sites (N-methyl/N-ethyl adjacent to an activating group) is 1. The summed E-state index contributed by atoms with van der Waals surface area (Å²) >= 11 is 1.29. The van der Waals surface area contributed by atoms with Crippen LogP contribution in [0.15, 0.2) is 0 Å². The topological polar surface area (TPSA) is 74.5 Å². The van der Waals surface area contributed by atoms with Crippen molar-refractivity contribution >= 4 is 28.3 Å². The van der Waals surface area contributed by atoms with E-state index in [4.69, 9.17) is 5.73 Å². The Morgan fingerprint density at radius 3 is 2.76 bits per heavy atom. The summed E-state index contributed by atoms with van der Waals surface area (Å²) < 4.78 is 4.15. The summed E-state index contributed by atoms with van der Waals surface area (Å²) in [5.74, 6) is 0.181. The zero-order valence-corrected chi connectivity index (χ0v) is 13.9. The summed E-state index contributed by atoms with van der Waals surface area (Å²) in [6.07, 6.45) is 2.58. The van der Waals surface area contributed by atoms with Gasteiger partial charge in [0.2, 0.25) is 0 Å². The molecule has 2 rings (SSSR count). The quantitative estimate of drug-likeness (QED) is 0.830. The van der Waals surface area contributed by atoms with Gasteiger partial charge in [0.1, 0.15) is 10.6 Å². The molecule has 0 radical (unpaired) electrons. The van der Waals surface area contributed by atoms with Gasteiger partial charge in [-0.2, -0.15) is 4.37 Å². The summed E-state index contributed by atoms with van der Waals surface area (Å²) in [6, 6.07) is 0.0829. The first-order valence-corrected chi connectivity index (χ1v) is 8.26. The first-order chi connectivity index (χ1) is 9.99. The van der Waals surface area contributed by atoms with Crippen LogP contribution in [0.4, 0.5) is 10.8 Å². The zero-order valence-electron chi connectivity index (χ0n) is 13.1. The van der Waals surface area contributed by atoms with E-state index in [9.17, 15) is 4.79 Å². The van der Waals surface area contributed by atoms with Crippen molar-refractivity contribution in [2.75, 3.05) is 43.9 Å². The molecule has 1 aliphatic rings. The van der Waals surface area contributed by atoms with Gasteiger partial charge < -0.3 is 20.9 Å². The number of nitrogen functional groups attached to an aromatic ring is 1. The maximum Gasteiger partial charge on any atom is 0.258 e. The molecular formula is C14H25N5OS. The van der Waals surface area contributed by atoms with Crippen LogP contribution >= 0.6 is 11.5 Å². The maximum atomic E-state index is 12.3. The lowest BCUT2D eigenvalue weighted by Gasteiger charge is -2.22. The number of nitrogens with one attached hydrogen (secondary N) is 1. The molecule has 1 aliphatic heterocycles. The van der Waals surface area contributed by atoms with E-state index < -0.39 is 0 Å². The van der Waals surface area contributed by atoms with Gasteiger partial charge in [0.15, 0.2) is 5.82 Å². The number of amides is 1. The Morgan fingerprint density at radius 2 is 2.14 bits per heavy atom. The lowest BCUT2D eigenvalue weighted by molar-refractivity contribution is 0.0944. The van der Waals surface area contributed by atoms with Gasteiger partial charge in [-0.15, -0.1) is 0 Å². The van der Waals surface area contributed by atoms with Crippen LogP contribution in [0.3, 0.4) is 0 Å². The Balaban J connectivity index is 2.02. The minimum Gasteiger partial charge on any atom is -0.382 e. The number of nitrogens with zero attached hydrogens (tertiary/aromatic N) is 3. The molecule has 3 N–H and O–H groups in total. The third-order valence-corrected chi connectivity index (χ3v) is 4.62. The summed E-state index contributed by atoms with van der Waals surface area (Å²) in [5.41, 5.74) is 6.39. The summed E-state index contributed by atoms with van der Waals surface area (Å²) in [6.45, 7) is 8.12. The molecule has 1 aromatic heterocycles. The Labute approximate surface area is 130 Å². The van der Waals surface area contributed by atoms with E-state index in [1.54, 1.807) is 0 Å². The Hall–Kier alpha value is -1.34. The normalized spacial score (nSPS) is 15.6. The molecule has 21 heavy (non-hydrogen) atoms. The molecule has 1 amide bonds. The van der Waals surface area contributed by atoms with E-state index in [2.05, 4.69) is 19.5 Å². The molecule has 0 spiro atoms. The molecule has 6 nitrogen and oxygen atoms in total. The predicted octanol–water partition coefficient (Wildman–Crippen LogP) is 1.40. The largest absolute Gasteiger partial charge is 0.382 e. The first-order valence-electron chi connectivity index (χ1n) is 7.48. The highest BCUT2D eigenvalue weighted by Gasteiger charge is 2.23. The second-order valence-corrected chi connectivity index (χ2v) is 6.60. The van der Waals surface area contributed by atoms with Crippen LogP contribution in [0.1, 0.15) is 37.0 Å². The van der Waals surface area contributed by atoms with Gasteiger partial charge in [0, 0.05) is 26.2 Å². The molecule has 1 fully saturated rings. The lowest BCUT2D eigenvalue weighted by Crippen LogP contribution is -2.34. The second kappa shape index (κ2) is 7.09. The SMILES string of the molecule is CC(C)NC(=O)c1c(N)nsc1N(C)CCN1CCCC1. The van der Waals surface area contributed by atoms with E-state index >= 15 is 0 Å². The van der Waals surface area contributed by atoms with Crippen molar-refractivity contribution in [2.24, 2.45) is 0 Å². The third-order valence-electron chi connectivity index (χ3n) is 3.64. The van der Waals surface area contributed by atoms with Crippen LogP contribution in [-0.4, -0.2) is 54.4 Å². The summed E-state index contributed by atoms with van der Waals surface area (Å²) in [5, 5.41) is 3.74. The summed E-state index contributed by atoms with van der Waals surface area (Å²) in [7, 11) is 2.00. The molecule has 0 bridgehead atoms. The highest BCUT2D eigenvalue weighted by molar-refractivity contribution is 7.11. The van der Waals surface area contributed by atoms with Gasteiger partial charge in [-0.05, 0) is 51.3 Å². The lowest BCUT2D eigenvalue weighted by atomic mass is 10.2. The number of hydrogen-bond donors (Lipinski definition) is 2. The maximum absolute atomic E-state index is 12.3. The number of aromatic nitrogens is 1.